The van der Waals surface area contributed by atoms with E-state index in [2.05, 4.69) is 45.3 Å². The van der Waals surface area contributed by atoms with Crippen LogP contribution in [0.4, 0.5) is 0 Å². The van der Waals surface area contributed by atoms with Gasteiger partial charge < -0.3 is 15.2 Å². The molecule has 26 heavy (non-hydrogen) atoms. The van der Waals surface area contributed by atoms with Crippen molar-refractivity contribution < 1.29 is 4.79 Å². The molecule has 0 spiro atoms. The van der Waals surface area contributed by atoms with E-state index in [4.69, 9.17) is 0 Å². The van der Waals surface area contributed by atoms with Crippen molar-refractivity contribution in [3.05, 3.63) is 57.9 Å². The standard InChI is InChI=1S/C20H24N4OS/c1-23-8-10-24(11-9-23)14-17-6-7-19(26-17)20(25)21-13-16-12-15-4-2-3-5-18(15)22-16/h2-7,12,22H,8-11,13-14H2,1H3,(H,21,25). The molecule has 6 heteroatoms. The average Bonchev–Trinajstić information content (AvgIpc) is 3.28. The summed E-state index contributed by atoms with van der Waals surface area (Å²) in [7, 11) is 2.16. The maximum atomic E-state index is 12.4. The fraction of sp³-hybridized carbons (Fsp3) is 0.350. The third kappa shape index (κ3) is 3.98. The zero-order valence-electron chi connectivity index (χ0n) is 15.0. The number of H-pyrrole nitrogens is 1. The Morgan fingerprint density at radius 3 is 2.77 bits per heavy atom. The molecule has 0 unspecified atom stereocenters. The average molecular weight is 369 g/mol. The molecular formula is C20H24N4OS. The number of para-hydroxylation sites is 1. The van der Waals surface area contributed by atoms with Crippen LogP contribution in [0, 0.1) is 0 Å². The van der Waals surface area contributed by atoms with E-state index in [1.54, 1.807) is 11.3 Å². The Kier molecular flexibility index (Phi) is 5.06. The first-order chi connectivity index (χ1) is 12.7. The van der Waals surface area contributed by atoms with E-state index in [-0.39, 0.29) is 5.91 Å². The second kappa shape index (κ2) is 7.61. The second-order valence-corrected chi connectivity index (χ2v) is 8.08. The lowest BCUT2D eigenvalue weighted by atomic mass is 10.2. The number of benzene rings is 1. The number of carbonyl (C=O) groups is 1. The summed E-state index contributed by atoms with van der Waals surface area (Å²) in [5.41, 5.74) is 2.12. The smallest absolute Gasteiger partial charge is 0.261 e. The zero-order chi connectivity index (χ0) is 17.9. The summed E-state index contributed by atoms with van der Waals surface area (Å²) in [6.45, 7) is 5.87. The van der Waals surface area contributed by atoms with Gasteiger partial charge in [0, 0.05) is 48.8 Å². The highest BCUT2D eigenvalue weighted by Gasteiger charge is 2.16. The zero-order valence-corrected chi connectivity index (χ0v) is 15.8. The van der Waals surface area contributed by atoms with Crippen molar-refractivity contribution in [1.82, 2.24) is 20.1 Å². The number of piperazine rings is 1. The van der Waals surface area contributed by atoms with Crippen LogP contribution in [0.2, 0.25) is 0 Å². The largest absolute Gasteiger partial charge is 0.357 e. The van der Waals surface area contributed by atoms with Crippen LogP contribution < -0.4 is 5.32 Å². The summed E-state index contributed by atoms with van der Waals surface area (Å²) in [4.78, 5) is 22.6. The summed E-state index contributed by atoms with van der Waals surface area (Å²) >= 11 is 1.60. The summed E-state index contributed by atoms with van der Waals surface area (Å²) in [6.07, 6.45) is 0. The lowest BCUT2D eigenvalue weighted by Gasteiger charge is -2.31. The summed E-state index contributed by atoms with van der Waals surface area (Å²) < 4.78 is 0. The predicted octanol–water partition coefficient (Wildman–Crippen LogP) is 2.91. The van der Waals surface area contributed by atoms with Crippen LogP contribution >= 0.6 is 11.3 Å². The van der Waals surface area contributed by atoms with Crippen molar-refractivity contribution in [1.29, 1.82) is 0 Å². The van der Waals surface area contributed by atoms with Crippen molar-refractivity contribution in [2.45, 2.75) is 13.1 Å². The maximum Gasteiger partial charge on any atom is 0.261 e. The first-order valence-corrected chi connectivity index (χ1v) is 9.83. The summed E-state index contributed by atoms with van der Waals surface area (Å²) in [5, 5.41) is 4.19. The van der Waals surface area contributed by atoms with E-state index in [0.29, 0.717) is 6.54 Å². The Hall–Kier alpha value is -2.15. The Balaban J connectivity index is 1.32. The summed E-state index contributed by atoms with van der Waals surface area (Å²) in [6, 6.07) is 14.3. The van der Waals surface area contributed by atoms with Gasteiger partial charge in [0.05, 0.1) is 11.4 Å². The number of fused-ring (bicyclic) bond motifs is 1. The normalized spacial score (nSPS) is 16.2. The Bertz CT molecular complexity index is 859. The minimum atomic E-state index is -0.00159. The molecule has 1 aliphatic rings. The fourth-order valence-electron chi connectivity index (χ4n) is 3.30. The number of aromatic amines is 1. The minimum Gasteiger partial charge on any atom is -0.357 e. The molecule has 4 rings (SSSR count). The minimum absolute atomic E-state index is 0.00159. The summed E-state index contributed by atoms with van der Waals surface area (Å²) in [5.74, 6) is -0.00159. The number of nitrogens with zero attached hydrogens (tertiary/aromatic N) is 2. The third-order valence-corrected chi connectivity index (χ3v) is 5.95. The first kappa shape index (κ1) is 17.3. The van der Waals surface area contributed by atoms with E-state index in [1.807, 2.05) is 24.3 Å². The van der Waals surface area contributed by atoms with Crippen molar-refractivity contribution >= 4 is 28.1 Å². The highest BCUT2D eigenvalue weighted by molar-refractivity contribution is 7.14. The quantitative estimate of drug-likeness (QED) is 0.728. The van der Waals surface area contributed by atoms with Gasteiger partial charge in [-0.15, -0.1) is 11.3 Å². The number of aromatic nitrogens is 1. The van der Waals surface area contributed by atoms with Crippen LogP contribution in [0.25, 0.3) is 10.9 Å². The molecule has 1 aliphatic heterocycles. The van der Waals surface area contributed by atoms with Crippen molar-refractivity contribution in [2.24, 2.45) is 0 Å². The molecule has 0 radical (unpaired) electrons. The van der Waals surface area contributed by atoms with Crippen LogP contribution in [0.5, 0.6) is 0 Å². The van der Waals surface area contributed by atoms with Gasteiger partial charge >= 0.3 is 0 Å². The number of likely N-dealkylation sites (N-methyl/N-ethyl adjacent to an activating group) is 1. The molecule has 3 heterocycles. The van der Waals surface area contributed by atoms with Crippen molar-refractivity contribution in [3.8, 4) is 0 Å². The van der Waals surface area contributed by atoms with Gasteiger partial charge in [0.25, 0.3) is 5.91 Å². The van der Waals surface area contributed by atoms with Gasteiger partial charge in [-0.1, -0.05) is 18.2 Å². The third-order valence-electron chi connectivity index (χ3n) is 4.89. The molecule has 136 valence electrons. The van der Waals surface area contributed by atoms with Crippen LogP contribution in [-0.4, -0.2) is 53.9 Å². The molecule has 1 fully saturated rings. The number of hydrogen-bond acceptors (Lipinski definition) is 4. The molecule has 1 aromatic carbocycles. The number of nitrogens with one attached hydrogen (secondary N) is 2. The molecule has 1 saturated heterocycles. The van der Waals surface area contributed by atoms with Gasteiger partial charge in [0.1, 0.15) is 0 Å². The van der Waals surface area contributed by atoms with Gasteiger partial charge in [-0.2, -0.15) is 0 Å². The van der Waals surface area contributed by atoms with Crippen LogP contribution in [0.3, 0.4) is 0 Å². The molecule has 1 amide bonds. The van der Waals surface area contributed by atoms with E-state index in [0.717, 1.165) is 48.8 Å². The monoisotopic (exact) mass is 368 g/mol. The number of hydrogen-bond donors (Lipinski definition) is 2. The molecule has 5 nitrogen and oxygen atoms in total. The van der Waals surface area contributed by atoms with Crippen molar-refractivity contribution in [3.63, 3.8) is 0 Å². The predicted molar refractivity (Wildman–Crippen MR) is 107 cm³/mol. The SMILES string of the molecule is CN1CCN(Cc2ccc(C(=O)NCc3cc4ccccc4[nH]3)s2)CC1. The molecule has 0 bridgehead atoms. The molecule has 2 N–H and O–H groups in total. The number of amides is 1. The first-order valence-electron chi connectivity index (χ1n) is 9.02. The highest BCUT2D eigenvalue weighted by atomic mass is 32.1. The Labute approximate surface area is 157 Å². The van der Waals surface area contributed by atoms with Crippen molar-refractivity contribution in [2.75, 3.05) is 33.2 Å². The van der Waals surface area contributed by atoms with Crippen LogP contribution in [-0.2, 0) is 13.1 Å². The Morgan fingerprint density at radius 1 is 1.15 bits per heavy atom. The maximum absolute atomic E-state index is 12.4. The lowest BCUT2D eigenvalue weighted by Crippen LogP contribution is -2.43. The molecule has 2 aromatic heterocycles. The van der Waals surface area contributed by atoms with Crippen LogP contribution in [0.1, 0.15) is 20.2 Å². The van der Waals surface area contributed by atoms with E-state index < -0.39 is 0 Å². The second-order valence-electron chi connectivity index (χ2n) is 6.91. The molecule has 0 saturated carbocycles. The van der Waals surface area contributed by atoms with Gasteiger partial charge in [0.2, 0.25) is 0 Å². The van der Waals surface area contributed by atoms with Gasteiger partial charge in [-0.25, -0.2) is 0 Å². The van der Waals surface area contributed by atoms with Gasteiger partial charge in [-0.3, -0.25) is 9.69 Å². The lowest BCUT2D eigenvalue weighted by molar-refractivity contribution is 0.0954. The number of carbonyl (C=O) groups excluding carboxylic acids is 1. The van der Waals surface area contributed by atoms with E-state index in [1.165, 1.54) is 10.3 Å². The molecule has 3 aromatic rings. The van der Waals surface area contributed by atoms with E-state index >= 15 is 0 Å². The van der Waals surface area contributed by atoms with Crippen LogP contribution in [0.15, 0.2) is 42.5 Å². The highest BCUT2D eigenvalue weighted by Crippen LogP contribution is 2.19. The fourth-order valence-corrected chi connectivity index (χ4v) is 4.27. The number of thiophene rings is 1. The Morgan fingerprint density at radius 2 is 1.96 bits per heavy atom. The molecular weight excluding hydrogens is 344 g/mol. The van der Waals surface area contributed by atoms with Gasteiger partial charge in [0.15, 0.2) is 0 Å². The number of rotatable bonds is 5. The molecule has 0 atom stereocenters. The molecule has 0 aliphatic carbocycles. The van der Waals surface area contributed by atoms with E-state index in [9.17, 15) is 4.79 Å². The van der Waals surface area contributed by atoms with Gasteiger partial charge in [-0.05, 0) is 36.7 Å². The topological polar surface area (TPSA) is 51.4 Å².